The number of hydrogen-bond acceptors (Lipinski definition) is 3. The van der Waals surface area contributed by atoms with Crippen LogP contribution in [0.5, 0.6) is 11.5 Å². The van der Waals surface area contributed by atoms with Gasteiger partial charge in [-0.1, -0.05) is 42.5 Å². The monoisotopic (exact) mass is 724 g/mol. The number of aryl methyl sites for hydroxylation is 1. The van der Waals surface area contributed by atoms with Crippen LogP contribution in [0.15, 0.2) is 109 Å². The van der Waals surface area contributed by atoms with Gasteiger partial charge in [0.25, 0.3) is 0 Å². The van der Waals surface area contributed by atoms with E-state index in [9.17, 15) is 39.5 Å². The molecule has 3 nitrogen and oxygen atoms in total. The van der Waals surface area contributed by atoms with Gasteiger partial charge >= 0.3 is 18.5 Å². The van der Waals surface area contributed by atoms with E-state index in [2.05, 4.69) is 9.80 Å². The normalized spacial score (nSPS) is 20.8. The van der Waals surface area contributed by atoms with E-state index < -0.39 is 46.2 Å². The van der Waals surface area contributed by atoms with Gasteiger partial charge in [-0.05, 0) is 110 Å². The lowest BCUT2D eigenvalue weighted by atomic mass is 9.60. The van der Waals surface area contributed by atoms with Crippen molar-refractivity contribution in [3.05, 3.63) is 137 Å². The minimum absolute atomic E-state index is 0.134. The molecule has 5 aromatic rings. The van der Waals surface area contributed by atoms with Crippen LogP contribution < -0.4 is 14.5 Å². The Kier molecular flexibility index (Phi) is 7.47. The Morgan fingerprint density at radius 1 is 0.577 bits per heavy atom. The standard InChI is InChI=1S/C40H29F9N2O/c1-24-12-14-31-33(18-24)52-34-21-28(50(26-8-4-2-5-9-26)27-10-6-3-7-11-27)13-15-32(34)51(31)37-17-16-36(22-37,23-37)25-19-29(38(41,42)43)35(40(47,48)49)30(20-25)39(44,45)46/h2-15,18-21H,16-17,22-23H2,1H3. The van der Waals surface area contributed by atoms with Crippen LogP contribution in [0, 0.1) is 6.92 Å². The zero-order chi connectivity index (χ0) is 36.8. The molecular weight excluding hydrogens is 695 g/mol. The van der Waals surface area contributed by atoms with Crippen molar-refractivity contribution in [1.29, 1.82) is 0 Å². The number of fused-ring (bicyclic) bond motifs is 3. The molecule has 0 atom stereocenters. The average Bonchev–Trinajstić information content (AvgIpc) is 3.65. The van der Waals surface area contributed by atoms with Crippen molar-refractivity contribution < 1.29 is 44.3 Å². The van der Waals surface area contributed by atoms with Gasteiger partial charge in [0.05, 0.1) is 28.1 Å². The number of alkyl halides is 9. The number of anilines is 5. The molecule has 0 unspecified atom stereocenters. The molecule has 3 saturated carbocycles. The molecule has 0 radical (unpaired) electrons. The number of nitrogens with zero attached hydrogens (tertiary/aromatic N) is 2. The van der Waals surface area contributed by atoms with Gasteiger partial charge in [0.15, 0.2) is 11.5 Å². The third-order valence-electron chi connectivity index (χ3n) is 10.6. The highest BCUT2D eigenvalue weighted by Gasteiger charge is 2.66. The van der Waals surface area contributed by atoms with E-state index in [0.29, 0.717) is 29.3 Å². The van der Waals surface area contributed by atoms with Crippen LogP contribution >= 0.6 is 0 Å². The first-order valence-electron chi connectivity index (χ1n) is 16.5. The van der Waals surface area contributed by atoms with Crippen LogP contribution in [-0.4, -0.2) is 5.54 Å². The van der Waals surface area contributed by atoms with E-state index in [1.165, 1.54) is 0 Å². The largest absolute Gasteiger partial charge is 0.453 e. The number of hydrogen-bond donors (Lipinski definition) is 0. The lowest BCUT2D eigenvalue weighted by Crippen LogP contribution is -2.56. The first-order valence-corrected chi connectivity index (χ1v) is 16.5. The van der Waals surface area contributed by atoms with Gasteiger partial charge in [-0.25, -0.2) is 0 Å². The molecule has 0 N–H and O–H groups in total. The fourth-order valence-corrected chi connectivity index (χ4v) is 8.51. The predicted molar refractivity (Wildman–Crippen MR) is 179 cm³/mol. The van der Waals surface area contributed by atoms with E-state index in [1.807, 2.05) is 104 Å². The van der Waals surface area contributed by atoms with E-state index in [-0.39, 0.29) is 37.0 Å². The summed E-state index contributed by atoms with van der Waals surface area (Å²) in [6, 6.07) is 31.3. The minimum Gasteiger partial charge on any atom is -0.453 e. The van der Waals surface area contributed by atoms with E-state index >= 15 is 0 Å². The van der Waals surface area contributed by atoms with Crippen molar-refractivity contribution >= 4 is 28.4 Å². The summed E-state index contributed by atoms with van der Waals surface area (Å²) in [5.41, 5.74) is -4.86. The molecule has 3 aliphatic carbocycles. The predicted octanol–water partition coefficient (Wildman–Crippen LogP) is 13.0. The third-order valence-corrected chi connectivity index (χ3v) is 10.6. The topological polar surface area (TPSA) is 15.7 Å². The molecule has 0 amide bonds. The van der Waals surface area contributed by atoms with Gasteiger partial charge in [-0.2, -0.15) is 39.5 Å². The van der Waals surface area contributed by atoms with Gasteiger partial charge in [-0.3, -0.25) is 0 Å². The second-order valence-electron chi connectivity index (χ2n) is 13.9. The lowest BCUT2D eigenvalue weighted by Gasteiger charge is -2.55. The number of rotatable bonds is 5. The Labute approximate surface area is 292 Å². The SMILES string of the molecule is Cc1ccc2c(c1)Oc1cc(N(c3ccccc3)c3ccccc3)ccc1N2C12CCC(c3cc(C(F)(F)F)c(C(F)(F)F)c(C(F)(F)F)c3)(C1)C2. The van der Waals surface area contributed by atoms with E-state index in [1.54, 1.807) is 0 Å². The van der Waals surface area contributed by atoms with Crippen molar-refractivity contribution in [3.63, 3.8) is 0 Å². The molecule has 0 aromatic heterocycles. The number of benzene rings is 5. The first-order chi connectivity index (χ1) is 24.5. The summed E-state index contributed by atoms with van der Waals surface area (Å²) in [6.07, 6.45) is -16.4. The zero-order valence-corrected chi connectivity index (χ0v) is 27.4. The van der Waals surface area contributed by atoms with Crippen molar-refractivity contribution in [2.24, 2.45) is 0 Å². The Bertz CT molecular complexity index is 2100. The zero-order valence-electron chi connectivity index (χ0n) is 27.4. The fraction of sp³-hybridized carbons (Fsp3) is 0.250. The van der Waals surface area contributed by atoms with Crippen molar-refractivity contribution in [3.8, 4) is 11.5 Å². The lowest BCUT2D eigenvalue weighted by molar-refractivity contribution is -0.174. The minimum atomic E-state index is -5.88. The van der Waals surface area contributed by atoms with Crippen molar-refractivity contribution in [2.75, 3.05) is 9.80 Å². The van der Waals surface area contributed by atoms with Crippen LogP contribution in [0.3, 0.4) is 0 Å². The molecule has 268 valence electrons. The van der Waals surface area contributed by atoms with Crippen LogP contribution in [0.25, 0.3) is 0 Å². The average molecular weight is 725 g/mol. The van der Waals surface area contributed by atoms with E-state index in [4.69, 9.17) is 4.74 Å². The summed E-state index contributed by atoms with van der Waals surface area (Å²) in [4.78, 5) is 4.12. The second kappa shape index (κ2) is 11.4. The molecule has 1 heterocycles. The van der Waals surface area contributed by atoms with Gasteiger partial charge in [0.1, 0.15) is 0 Å². The maximum absolute atomic E-state index is 14.1. The van der Waals surface area contributed by atoms with Gasteiger partial charge < -0.3 is 14.5 Å². The molecule has 52 heavy (non-hydrogen) atoms. The van der Waals surface area contributed by atoms with Crippen LogP contribution in [-0.2, 0) is 23.9 Å². The number of ether oxygens (including phenoxy) is 1. The number of para-hydroxylation sites is 2. The Hall–Kier alpha value is -5.13. The fourth-order valence-electron chi connectivity index (χ4n) is 8.51. The highest BCUT2D eigenvalue weighted by atomic mass is 19.4. The second-order valence-corrected chi connectivity index (χ2v) is 13.9. The Morgan fingerprint density at radius 2 is 1.10 bits per heavy atom. The maximum Gasteiger partial charge on any atom is 0.417 e. The summed E-state index contributed by atoms with van der Waals surface area (Å²) in [7, 11) is 0. The first kappa shape index (κ1) is 34.0. The Balaban J connectivity index is 1.23. The highest BCUT2D eigenvalue weighted by Crippen LogP contribution is 2.69. The van der Waals surface area contributed by atoms with Gasteiger partial charge in [-0.15, -0.1) is 0 Å². The molecule has 4 aliphatic rings. The molecule has 0 spiro atoms. The van der Waals surface area contributed by atoms with Gasteiger partial charge in [0.2, 0.25) is 0 Å². The maximum atomic E-state index is 14.1. The summed E-state index contributed by atoms with van der Waals surface area (Å²) < 4.78 is 133. The quantitative estimate of drug-likeness (QED) is 0.168. The van der Waals surface area contributed by atoms with E-state index in [0.717, 1.165) is 22.6 Å². The van der Waals surface area contributed by atoms with Crippen LogP contribution in [0.1, 0.15) is 53.5 Å². The Morgan fingerprint density at radius 3 is 1.62 bits per heavy atom. The molecular formula is C40H29F9N2O. The third kappa shape index (κ3) is 5.45. The molecule has 2 bridgehead atoms. The number of halogens is 9. The van der Waals surface area contributed by atoms with Crippen LogP contribution in [0.4, 0.5) is 68.0 Å². The summed E-state index contributed by atoms with van der Waals surface area (Å²) in [6.45, 7) is 1.90. The molecule has 12 heteroatoms. The molecule has 5 aromatic carbocycles. The summed E-state index contributed by atoms with van der Waals surface area (Å²) >= 11 is 0. The molecule has 0 saturated heterocycles. The smallest absolute Gasteiger partial charge is 0.417 e. The summed E-state index contributed by atoms with van der Waals surface area (Å²) in [5.74, 6) is 1.03. The van der Waals surface area contributed by atoms with Gasteiger partial charge in [0, 0.05) is 28.7 Å². The van der Waals surface area contributed by atoms with Crippen LogP contribution in [0.2, 0.25) is 0 Å². The van der Waals surface area contributed by atoms with Crippen molar-refractivity contribution in [2.45, 2.75) is 62.1 Å². The molecule has 9 rings (SSSR count). The van der Waals surface area contributed by atoms with Crippen molar-refractivity contribution in [1.82, 2.24) is 0 Å². The highest BCUT2D eigenvalue weighted by molar-refractivity contribution is 5.85. The summed E-state index contributed by atoms with van der Waals surface area (Å²) in [5, 5.41) is 0. The molecule has 3 fully saturated rings. The molecule has 1 aliphatic heterocycles.